The molecular formula is C23H28N4O3. The van der Waals surface area contributed by atoms with E-state index in [1.807, 2.05) is 13.8 Å². The zero-order valence-corrected chi connectivity index (χ0v) is 17.7. The molecule has 4 rings (SSSR count). The maximum absolute atomic E-state index is 10.9. The third kappa shape index (κ3) is 4.01. The molecule has 0 spiro atoms. The second-order valence-corrected chi connectivity index (χ2v) is 8.82. The van der Waals surface area contributed by atoms with E-state index in [2.05, 4.69) is 34.2 Å². The molecule has 2 heterocycles. The van der Waals surface area contributed by atoms with Gasteiger partial charge in [0.25, 0.3) is 0 Å². The predicted molar refractivity (Wildman–Crippen MR) is 115 cm³/mol. The number of fused-ring (bicyclic) bond motifs is 1. The van der Waals surface area contributed by atoms with Crippen molar-refractivity contribution in [3.8, 4) is 5.88 Å². The number of nitrogens with two attached hydrogens (primary N) is 1. The van der Waals surface area contributed by atoms with Gasteiger partial charge in [-0.3, -0.25) is 4.79 Å². The van der Waals surface area contributed by atoms with Crippen LogP contribution in [0, 0.1) is 12.8 Å². The predicted octanol–water partition coefficient (Wildman–Crippen LogP) is 4.41. The van der Waals surface area contributed by atoms with Crippen LogP contribution in [0.1, 0.15) is 68.8 Å². The fourth-order valence-electron chi connectivity index (χ4n) is 4.55. The van der Waals surface area contributed by atoms with Crippen LogP contribution in [0.15, 0.2) is 29.3 Å². The Balaban J connectivity index is 1.55. The monoisotopic (exact) mass is 408 g/mol. The van der Waals surface area contributed by atoms with Crippen molar-refractivity contribution >= 4 is 23.2 Å². The van der Waals surface area contributed by atoms with Gasteiger partial charge in [0.1, 0.15) is 11.4 Å². The molecular weight excluding hydrogens is 380 g/mol. The van der Waals surface area contributed by atoms with Crippen LogP contribution in [0.3, 0.4) is 0 Å². The van der Waals surface area contributed by atoms with Gasteiger partial charge in [0.2, 0.25) is 5.88 Å². The van der Waals surface area contributed by atoms with Gasteiger partial charge in [-0.25, -0.2) is 9.98 Å². The molecule has 1 aromatic carbocycles. The lowest BCUT2D eigenvalue weighted by molar-refractivity contribution is -0.138. The Hall–Kier alpha value is -2.96. The number of aromatic nitrogens is 2. The zero-order valence-electron chi connectivity index (χ0n) is 17.7. The highest BCUT2D eigenvalue weighted by atomic mass is 16.5. The number of aryl methyl sites for hydroxylation is 1. The number of carbonyl (C=O) groups is 1. The molecule has 7 nitrogen and oxygen atoms in total. The molecule has 3 N–H and O–H groups in total. The Labute approximate surface area is 176 Å². The minimum atomic E-state index is -0.691. The molecule has 30 heavy (non-hydrogen) atoms. The molecule has 1 fully saturated rings. The number of aliphatic carboxylic acids is 1. The van der Waals surface area contributed by atoms with E-state index in [1.54, 1.807) is 6.92 Å². The molecule has 158 valence electrons. The van der Waals surface area contributed by atoms with Crippen LogP contribution in [0.25, 0.3) is 0 Å². The van der Waals surface area contributed by atoms with Gasteiger partial charge in [-0.15, -0.1) is 0 Å². The first-order chi connectivity index (χ1) is 14.2. The largest absolute Gasteiger partial charge is 0.481 e. The third-order valence-corrected chi connectivity index (χ3v) is 6.10. The van der Waals surface area contributed by atoms with Gasteiger partial charge < -0.3 is 15.6 Å². The Morgan fingerprint density at radius 3 is 2.47 bits per heavy atom. The normalized spacial score (nSPS) is 22.6. The number of aliphatic imine (C=N–C) groups is 1. The van der Waals surface area contributed by atoms with Crippen LogP contribution in [0.2, 0.25) is 0 Å². The maximum atomic E-state index is 10.9. The molecule has 7 heteroatoms. The standard InChI is InChI=1S/C23H28N4O3/c1-13-25-21(24)19-22(26-13)30-23(2,3)20(27-19)17-10-8-16(9-11-17)15-6-4-14(5-7-15)12-18(28)29/h8-11,14-15H,4-7,12H2,1-3H3,(H,28,29)(H2,24,25,26)/t14-,15-. The van der Waals surface area contributed by atoms with E-state index in [4.69, 9.17) is 20.6 Å². The number of anilines is 1. The molecule has 1 aromatic heterocycles. The first kappa shape index (κ1) is 20.3. The highest BCUT2D eigenvalue weighted by Crippen LogP contribution is 2.40. The average molecular weight is 409 g/mol. The Morgan fingerprint density at radius 2 is 1.83 bits per heavy atom. The molecule has 0 unspecified atom stereocenters. The SMILES string of the molecule is Cc1nc(N)c2c(n1)OC(C)(C)C(c1ccc([C@H]3CC[C@H](CC(=O)O)CC3)cc1)=N2. The van der Waals surface area contributed by atoms with E-state index in [1.165, 1.54) is 5.56 Å². The van der Waals surface area contributed by atoms with Crippen LogP contribution in [0.5, 0.6) is 5.88 Å². The molecule has 0 amide bonds. The van der Waals surface area contributed by atoms with Gasteiger partial charge in [-0.1, -0.05) is 24.3 Å². The molecule has 0 atom stereocenters. The van der Waals surface area contributed by atoms with Crippen LogP contribution < -0.4 is 10.5 Å². The number of nitrogens with zero attached hydrogens (tertiary/aromatic N) is 3. The summed E-state index contributed by atoms with van der Waals surface area (Å²) in [5, 5.41) is 9.00. The number of benzene rings is 1. The van der Waals surface area contributed by atoms with Gasteiger partial charge in [-0.2, -0.15) is 4.98 Å². The second kappa shape index (κ2) is 7.70. The van der Waals surface area contributed by atoms with Crippen LogP contribution in [-0.4, -0.2) is 32.4 Å². The lowest BCUT2D eigenvalue weighted by Crippen LogP contribution is -2.41. The number of ether oxygens (including phenoxy) is 1. The maximum Gasteiger partial charge on any atom is 0.303 e. The van der Waals surface area contributed by atoms with E-state index in [0.717, 1.165) is 37.0 Å². The van der Waals surface area contributed by atoms with E-state index in [-0.39, 0.29) is 6.42 Å². The summed E-state index contributed by atoms with van der Waals surface area (Å²) in [5.41, 5.74) is 8.97. The molecule has 0 bridgehead atoms. The topological polar surface area (TPSA) is 111 Å². The van der Waals surface area contributed by atoms with Crippen LogP contribution >= 0.6 is 0 Å². The van der Waals surface area contributed by atoms with E-state index >= 15 is 0 Å². The Kier molecular flexibility index (Phi) is 5.22. The number of carboxylic acids is 1. The summed E-state index contributed by atoms with van der Waals surface area (Å²) < 4.78 is 6.13. The first-order valence-corrected chi connectivity index (χ1v) is 10.5. The Morgan fingerprint density at radius 1 is 1.17 bits per heavy atom. The van der Waals surface area contributed by atoms with E-state index in [9.17, 15) is 4.79 Å². The molecule has 1 saturated carbocycles. The van der Waals surface area contributed by atoms with Crippen molar-refractivity contribution in [3.63, 3.8) is 0 Å². The fraction of sp³-hybridized carbons (Fsp3) is 0.478. The second-order valence-electron chi connectivity index (χ2n) is 8.82. The molecule has 0 saturated heterocycles. The van der Waals surface area contributed by atoms with Gasteiger partial charge in [0, 0.05) is 12.0 Å². The fourth-order valence-corrected chi connectivity index (χ4v) is 4.55. The lowest BCUT2D eigenvalue weighted by Gasteiger charge is -2.32. The lowest BCUT2D eigenvalue weighted by atomic mass is 9.77. The number of nitrogen functional groups attached to an aromatic ring is 1. The summed E-state index contributed by atoms with van der Waals surface area (Å²) in [6, 6.07) is 8.47. The van der Waals surface area contributed by atoms with Crippen molar-refractivity contribution in [2.75, 3.05) is 5.73 Å². The van der Waals surface area contributed by atoms with Crippen molar-refractivity contribution in [2.45, 2.75) is 64.4 Å². The third-order valence-electron chi connectivity index (χ3n) is 6.10. The summed E-state index contributed by atoms with van der Waals surface area (Å²) in [5.74, 6) is 1.40. The zero-order chi connectivity index (χ0) is 21.5. The number of carboxylic acid groups (broad SMARTS) is 1. The van der Waals surface area contributed by atoms with Gasteiger partial charge >= 0.3 is 5.97 Å². The van der Waals surface area contributed by atoms with E-state index < -0.39 is 11.6 Å². The number of hydrogen-bond donors (Lipinski definition) is 2. The minimum Gasteiger partial charge on any atom is -0.481 e. The van der Waals surface area contributed by atoms with Crippen LogP contribution in [-0.2, 0) is 4.79 Å². The summed E-state index contributed by atoms with van der Waals surface area (Å²) in [6.45, 7) is 5.72. The van der Waals surface area contributed by atoms with Crippen LogP contribution in [0.4, 0.5) is 11.5 Å². The molecule has 2 aromatic rings. The first-order valence-electron chi connectivity index (χ1n) is 10.5. The highest BCUT2D eigenvalue weighted by Gasteiger charge is 2.35. The van der Waals surface area contributed by atoms with Gasteiger partial charge in [-0.05, 0) is 63.9 Å². The molecule has 1 aliphatic carbocycles. The summed E-state index contributed by atoms with van der Waals surface area (Å²) in [7, 11) is 0. The quantitative estimate of drug-likeness (QED) is 0.775. The van der Waals surface area contributed by atoms with Gasteiger partial charge in [0.05, 0.1) is 5.71 Å². The molecule has 2 aliphatic rings. The average Bonchev–Trinajstić information content (AvgIpc) is 2.67. The van der Waals surface area contributed by atoms with Gasteiger partial charge in [0.15, 0.2) is 11.5 Å². The van der Waals surface area contributed by atoms with Crippen molar-refractivity contribution in [1.29, 1.82) is 0 Å². The molecule has 0 radical (unpaired) electrons. The van der Waals surface area contributed by atoms with Crippen molar-refractivity contribution in [1.82, 2.24) is 9.97 Å². The smallest absolute Gasteiger partial charge is 0.303 e. The minimum absolute atomic E-state index is 0.286. The van der Waals surface area contributed by atoms with E-state index in [0.29, 0.717) is 35.0 Å². The number of hydrogen-bond acceptors (Lipinski definition) is 6. The Bertz CT molecular complexity index is 990. The number of rotatable bonds is 4. The van der Waals surface area contributed by atoms with Crippen molar-refractivity contribution < 1.29 is 14.6 Å². The van der Waals surface area contributed by atoms with Crippen molar-refractivity contribution in [2.24, 2.45) is 10.9 Å². The summed E-state index contributed by atoms with van der Waals surface area (Å²) >= 11 is 0. The highest BCUT2D eigenvalue weighted by molar-refractivity contribution is 6.09. The summed E-state index contributed by atoms with van der Waals surface area (Å²) in [6.07, 6.45) is 4.30. The van der Waals surface area contributed by atoms with Crippen molar-refractivity contribution in [3.05, 3.63) is 41.2 Å². The summed E-state index contributed by atoms with van der Waals surface area (Å²) in [4.78, 5) is 24.3. The molecule has 1 aliphatic heterocycles.